The molecule has 0 fully saturated rings. The smallest absolute Gasteiger partial charge is 0.312 e. The summed E-state index contributed by atoms with van der Waals surface area (Å²) < 4.78 is 4.92. The van der Waals surface area contributed by atoms with Crippen LogP contribution in [0.2, 0.25) is 0 Å². The molecule has 0 N–H and O–H groups in total. The molecular formula is C12H19NO2S. The largest absolute Gasteiger partial charge is 0.466 e. The lowest BCUT2D eigenvalue weighted by molar-refractivity contribution is -0.142. The van der Waals surface area contributed by atoms with Crippen molar-refractivity contribution in [3.8, 4) is 0 Å². The zero-order valence-corrected chi connectivity index (χ0v) is 11.0. The predicted molar refractivity (Wildman–Crippen MR) is 65.8 cm³/mol. The number of carbonyl (C=O) groups is 1. The van der Waals surface area contributed by atoms with Crippen molar-refractivity contribution in [3.63, 3.8) is 0 Å². The van der Waals surface area contributed by atoms with Gasteiger partial charge in [0.1, 0.15) is 5.01 Å². The summed E-state index contributed by atoms with van der Waals surface area (Å²) >= 11 is 1.64. The molecule has 0 aromatic carbocycles. The fraction of sp³-hybridized carbons (Fsp3) is 0.667. The SMILES string of the molecule is CCCc1nc(CC(=O)OCC)sc1CC. The Morgan fingerprint density at radius 1 is 1.38 bits per heavy atom. The predicted octanol–water partition coefficient (Wildman–Crippen LogP) is 2.76. The number of hydrogen-bond donors (Lipinski definition) is 0. The highest BCUT2D eigenvalue weighted by Crippen LogP contribution is 2.21. The number of esters is 1. The Balaban J connectivity index is 2.70. The van der Waals surface area contributed by atoms with E-state index in [-0.39, 0.29) is 5.97 Å². The van der Waals surface area contributed by atoms with Gasteiger partial charge in [0.15, 0.2) is 0 Å². The molecule has 0 amide bonds. The lowest BCUT2D eigenvalue weighted by atomic mass is 10.2. The Kier molecular flexibility index (Phi) is 5.46. The van der Waals surface area contributed by atoms with Crippen molar-refractivity contribution >= 4 is 17.3 Å². The van der Waals surface area contributed by atoms with E-state index in [4.69, 9.17) is 4.74 Å². The van der Waals surface area contributed by atoms with Gasteiger partial charge in [-0.05, 0) is 19.8 Å². The third-order valence-electron chi connectivity index (χ3n) is 2.23. The van der Waals surface area contributed by atoms with Crippen LogP contribution in [0.1, 0.15) is 42.8 Å². The number of aryl methyl sites for hydroxylation is 2. The summed E-state index contributed by atoms with van der Waals surface area (Å²) in [6, 6.07) is 0. The van der Waals surface area contributed by atoms with Crippen molar-refractivity contribution in [2.45, 2.75) is 46.5 Å². The summed E-state index contributed by atoms with van der Waals surface area (Å²) in [5.74, 6) is -0.179. The minimum absolute atomic E-state index is 0.179. The molecule has 16 heavy (non-hydrogen) atoms. The Labute approximate surface area is 101 Å². The molecule has 0 radical (unpaired) electrons. The second-order valence-electron chi connectivity index (χ2n) is 3.56. The molecule has 0 aliphatic carbocycles. The van der Waals surface area contributed by atoms with Crippen LogP contribution in [0.4, 0.5) is 0 Å². The molecule has 1 aromatic heterocycles. The fourth-order valence-electron chi connectivity index (χ4n) is 1.56. The Bertz CT molecular complexity index is 347. The van der Waals surface area contributed by atoms with Crippen molar-refractivity contribution in [3.05, 3.63) is 15.6 Å². The first-order valence-electron chi connectivity index (χ1n) is 5.84. The molecule has 1 rings (SSSR count). The highest BCUT2D eigenvalue weighted by molar-refractivity contribution is 7.11. The highest BCUT2D eigenvalue weighted by Gasteiger charge is 2.12. The van der Waals surface area contributed by atoms with Gasteiger partial charge in [0, 0.05) is 4.88 Å². The van der Waals surface area contributed by atoms with Crippen molar-refractivity contribution in [1.82, 2.24) is 4.98 Å². The molecule has 1 heterocycles. The Morgan fingerprint density at radius 2 is 2.12 bits per heavy atom. The van der Waals surface area contributed by atoms with Crippen molar-refractivity contribution in [2.24, 2.45) is 0 Å². The molecule has 1 aromatic rings. The molecule has 0 aliphatic heterocycles. The van der Waals surface area contributed by atoms with Crippen molar-refractivity contribution in [1.29, 1.82) is 0 Å². The molecule has 0 aliphatic rings. The van der Waals surface area contributed by atoms with Crippen LogP contribution < -0.4 is 0 Å². The number of nitrogens with zero attached hydrogens (tertiary/aromatic N) is 1. The van der Waals surface area contributed by atoms with E-state index in [9.17, 15) is 4.79 Å². The van der Waals surface area contributed by atoms with Crippen molar-refractivity contribution in [2.75, 3.05) is 6.61 Å². The summed E-state index contributed by atoms with van der Waals surface area (Å²) in [6.45, 7) is 6.52. The van der Waals surface area contributed by atoms with Gasteiger partial charge in [-0.3, -0.25) is 4.79 Å². The van der Waals surface area contributed by atoms with E-state index < -0.39 is 0 Å². The number of aromatic nitrogens is 1. The summed E-state index contributed by atoms with van der Waals surface area (Å²) in [4.78, 5) is 17.1. The van der Waals surface area contributed by atoms with Gasteiger partial charge in [0.25, 0.3) is 0 Å². The molecule has 0 unspecified atom stereocenters. The van der Waals surface area contributed by atoms with Crippen molar-refractivity contribution < 1.29 is 9.53 Å². The Hall–Kier alpha value is -0.900. The quantitative estimate of drug-likeness (QED) is 0.719. The first kappa shape index (κ1) is 13.2. The molecule has 0 saturated carbocycles. The van der Waals surface area contributed by atoms with Gasteiger partial charge in [0.2, 0.25) is 0 Å². The van der Waals surface area contributed by atoms with Gasteiger partial charge >= 0.3 is 5.97 Å². The molecule has 0 atom stereocenters. The third kappa shape index (κ3) is 3.59. The topological polar surface area (TPSA) is 39.2 Å². The monoisotopic (exact) mass is 241 g/mol. The van der Waals surface area contributed by atoms with Gasteiger partial charge < -0.3 is 4.74 Å². The third-order valence-corrected chi connectivity index (χ3v) is 3.47. The molecule has 0 spiro atoms. The van der Waals surface area contributed by atoms with E-state index in [1.165, 1.54) is 4.88 Å². The van der Waals surface area contributed by atoms with E-state index in [0.29, 0.717) is 13.0 Å². The first-order valence-corrected chi connectivity index (χ1v) is 6.65. The lowest BCUT2D eigenvalue weighted by Crippen LogP contribution is -2.07. The fourth-order valence-corrected chi connectivity index (χ4v) is 2.60. The maximum atomic E-state index is 11.3. The van der Waals surface area contributed by atoms with Crippen LogP contribution in [-0.2, 0) is 28.8 Å². The van der Waals surface area contributed by atoms with Crippen LogP contribution in [0.25, 0.3) is 0 Å². The molecule has 3 nitrogen and oxygen atoms in total. The maximum absolute atomic E-state index is 11.3. The zero-order chi connectivity index (χ0) is 12.0. The summed E-state index contributed by atoms with van der Waals surface area (Å²) in [5, 5.41) is 0.888. The van der Waals surface area contributed by atoms with Gasteiger partial charge in [-0.1, -0.05) is 20.3 Å². The van der Waals surface area contributed by atoms with Gasteiger partial charge in [-0.2, -0.15) is 0 Å². The summed E-state index contributed by atoms with van der Waals surface area (Å²) in [6.07, 6.45) is 3.41. The molecular weight excluding hydrogens is 222 g/mol. The number of rotatable bonds is 6. The second kappa shape index (κ2) is 6.63. The second-order valence-corrected chi connectivity index (χ2v) is 4.73. The minimum atomic E-state index is -0.179. The average molecular weight is 241 g/mol. The van der Waals surface area contributed by atoms with Crippen LogP contribution >= 0.6 is 11.3 Å². The van der Waals surface area contributed by atoms with E-state index in [1.54, 1.807) is 11.3 Å². The average Bonchev–Trinajstić information content (AvgIpc) is 2.61. The number of ether oxygens (including phenoxy) is 1. The summed E-state index contributed by atoms with van der Waals surface area (Å²) in [7, 11) is 0. The highest BCUT2D eigenvalue weighted by atomic mass is 32.1. The van der Waals surface area contributed by atoms with Gasteiger partial charge in [-0.25, -0.2) is 4.98 Å². The summed E-state index contributed by atoms with van der Waals surface area (Å²) in [5.41, 5.74) is 1.16. The standard InChI is InChI=1S/C12H19NO2S/c1-4-7-9-10(5-2)16-11(13-9)8-12(14)15-6-3/h4-8H2,1-3H3. The zero-order valence-electron chi connectivity index (χ0n) is 10.2. The molecule has 0 saturated heterocycles. The van der Waals surface area contributed by atoms with Crippen LogP contribution in [0.15, 0.2) is 0 Å². The van der Waals surface area contributed by atoms with Crippen LogP contribution in [0, 0.1) is 0 Å². The lowest BCUT2D eigenvalue weighted by Gasteiger charge is -1.97. The van der Waals surface area contributed by atoms with E-state index in [0.717, 1.165) is 30.0 Å². The molecule has 90 valence electrons. The maximum Gasteiger partial charge on any atom is 0.312 e. The first-order chi connectivity index (χ1) is 7.71. The van der Waals surface area contributed by atoms with E-state index in [2.05, 4.69) is 18.8 Å². The van der Waals surface area contributed by atoms with Crippen LogP contribution in [0.3, 0.4) is 0 Å². The van der Waals surface area contributed by atoms with Crippen LogP contribution in [-0.4, -0.2) is 17.6 Å². The molecule has 4 heteroatoms. The minimum Gasteiger partial charge on any atom is -0.466 e. The van der Waals surface area contributed by atoms with Gasteiger partial charge in [0.05, 0.1) is 18.7 Å². The van der Waals surface area contributed by atoms with E-state index in [1.807, 2.05) is 6.92 Å². The van der Waals surface area contributed by atoms with Crippen LogP contribution in [0.5, 0.6) is 0 Å². The van der Waals surface area contributed by atoms with Gasteiger partial charge in [-0.15, -0.1) is 11.3 Å². The Morgan fingerprint density at radius 3 is 2.69 bits per heavy atom. The van der Waals surface area contributed by atoms with E-state index >= 15 is 0 Å². The number of thiazole rings is 1. The normalized spacial score (nSPS) is 10.4. The number of hydrogen-bond acceptors (Lipinski definition) is 4. The molecule has 0 bridgehead atoms. The number of carbonyl (C=O) groups excluding carboxylic acids is 1.